The van der Waals surface area contributed by atoms with Crippen LogP contribution >= 0.6 is 0 Å². The van der Waals surface area contributed by atoms with Crippen molar-refractivity contribution in [3.63, 3.8) is 0 Å². The first-order valence-corrected chi connectivity index (χ1v) is 9.51. The normalized spacial score (nSPS) is 30.6. The number of hydrogen-bond donors (Lipinski definition) is 4. The topological polar surface area (TPSA) is 98.7 Å². The highest BCUT2D eigenvalue weighted by atomic mass is 16.3. The summed E-state index contributed by atoms with van der Waals surface area (Å²) >= 11 is 0. The standard InChI is InChI=1S/C18H32N2O4/c21-15-9-3-1-7-13(15)19-17(23)11-5-6-12-18(24)20-14-8-2-4-10-16(14)22/h13-16,21-22H,1-12H2,(H,19,23)(H,20,24). The van der Waals surface area contributed by atoms with E-state index in [2.05, 4.69) is 10.6 Å². The summed E-state index contributed by atoms with van der Waals surface area (Å²) in [5, 5.41) is 25.5. The molecule has 138 valence electrons. The second-order valence-corrected chi connectivity index (χ2v) is 7.26. The van der Waals surface area contributed by atoms with E-state index < -0.39 is 12.2 Å². The monoisotopic (exact) mass is 340 g/mol. The molecule has 0 bridgehead atoms. The summed E-state index contributed by atoms with van der Waals surface area (Å²) in [5.41, 5.74) is 0. The molecule has 4 atom stereocenters. The summed E-state index contributed by atoms with van der Waals surface area (Å²) in [6, 6.07) is -0.218. The fourth-order valence-corrected chi connectivity index (χ4v) is 3.69. The van der Waals surface area contributed by atoms with Crippen LogP contribution < -0.4 is 10.6 Å². The third kappa shape index (κ3) is 6.40. The van der Waals surface area contributed by atoms with Gasteiger partial charge in [0.1, 0.15) is 0 Å². The maximum atomic E-state index is 11.9. The minimum atomic E-state index is -0.421. The van der Waals surface area contributed by atoms with E-state index >= 15 is 0 Å². The van der Waals surface area contributed by atoms with Gasteiger partial charge in [-0.05, 0) is 38.5 Å². The third-order valence-electron chi connectivity index (χ3n) is 5.21. The fourth-order valence-electron chi connectivity index (χ4n) is 3.69. The maximum absolute atomic E-state index is 11.9. The second kappa shape index (κ2) is 9.99. The fraction of sp³-hybridized carbons (Fsp3) is 0.889. The molecule has 0 aromatic carbocycles. The van der Waals surface area contributed by atoms with Crippen LogP contribution in [-0.2, 0) is 9.59 Å². The van der Waals surface area contributed by atoms with Crippen LogP contribution in [0, 0.1) is 0 Å². The van der Waals surface area contributed by atoms with Crippen molar-refractivity contribution in [3.8, 4) is 0 Å². The lowest BCUT2D eigenvalue weighted by Crippen LogP contribution is -2.45. The zero-order chi connectivity index (χ0) is 17.4. The van der Waals surface area contributed by atoms with Crippen LogP contribution in [-0.4, -0.2) is 46.3 Å². The number of nitrogens with one attached hydrogen (secondary N) is 2. The molecule has 24 heavy (non-hydrogen) atoms. The summed E-state index contributed by atoms with van der Waals surface area (Å²) in [4.78, 5) is 23.8. The second-order valence-electron chi connectivity index (χ2n) is 7.26. The highest BCUT2D eigenvalue weighted by Crippen LogP contribution is 2.19. The Morgan fingerprint density at radius 2 is 1.08 bits per heavy atom. The van der Waals surface area contributed by atoms with Crippen molar-refractivity contribution < 1.29 is 19.8 Å². The maximum Gasteiger partial charge on any atom is 0.220 e. The Kier molecular flexibility index (Phi) is 7.99. The van der Waals surface area contributed by atoms with E-state index in [0.29, 0.717) is 25.7 Å². The van der Waals surface area contributed by atoms with Crippen molar-refractivity contribution in [1.82, 2.24) is 10.6 Å². The van der Waals surface area contributed by atoms with Crippen molar-refractivity contribution in [1.29, 1.82) is 0 Å². The van der Waals surface area contributed by atoms with Gasteiger partial charge in [-0.3, -0.25) is 9.59 Å². The van der Waals surface area contributed by atoms with Gasteiger partial charge in [0.25, 0.3) is 0 Å². The molecule has 0 aromatic rings. The van der Waals surface area contributed by atoms with Crippen molar-refractivity contribution >= 4 is 11.8 Å². The van der Waals surface area contributed by atoms with Crippen LogP contribution in [0.4, 0.5) is 0 Å². The first kappa shape index (κ1) is 19.2. The van der Waals surface area contributed by atoms with Crippen molar-refractivity contribution in [2.75, 3.05) is 0 Å². The molecule has 2 amide bonds. The summed E-state index contributed by atoms with van der Waals surface area (Å²) < 4.78 is 0. The Labute approximate surface area is 144 Å². The molecule has 0 aromatic heterocycles. The van der Waals surface area contributed by atoms with Crippen LogP contribution in [0.25, 0.3) is 0 Å². The van der Waals surface area contributed by atoms with Gasteiger partial charge >= 0.3 is 0 Å². The molecule has 6 nitrogen and oxygen atoms in total. The Morgan fingerprint density at radius 3 is 1.46 bits per heavy atom. The first-order chi connectivity index (χ1) is 11.6. The predicted octanol–water partition coefficient (Wildman–Crippen LogP) is 1.39. The molecule has 2 aliphatic carbocycles. The van der Waals surface area contributed by atoms with E-state index in [-0.39, 0.29) is 23.9 Å². The van der Waals surface area contributed by atoms with Crippen LogP contribution in [0.2, 0.25) is 0 Å². The predicted molar refractivity (Wildman–Crippen MR) is 91.3 cm³/mol. The van der Waals surface area contributed by atoms with Gasteiger partial charge in [0.2, 0.25) is 11.8 Å². The highest BCUT2D eigenvalue weighted by molar-refractivity contribution is 5.77. The van der Waals surface area contributed by atoms with Crippen molar-refractivity contribution in [2.45, 2.75) is 101 Å². The largest absolute Gasteiger partial charge is 0.391 e. The average Bonchev–Trinajstić information content (AvgIpc) is 2.56. The molecule has 2 rings (SSSR count). The van der Waals surface area contributed by atoms with Crippen molar-refractivity contribution in [2.24, 2.45) is 0 Å². The van der Waals surface area contributed by atoms with Gasteiger partial charge in [-0.25, -0.2) is 0 Å². The number of hydrogen-bond acceptors (Lipinski definition) is 4. The number of carbonyl (C=O) groups is 2. The first-order valence-electron chi connectivity index (χ1n) is 9.51. The summed E-state index contributed by atoms with van der Waals surface area (Å²) in [7, 11) is 0. The molecule has 0 aliphatic heterocycles. The van der Waals surface area contributed by atoms with Crippen LogP contribution in [0.1, 0.15) is 77.0 Å². The number of amides is 2. The SMILES string of the molecule is O=C(CCCCC(=O)NC1CCCCC1O)NC1CCCCC1O. The van der Waals surface area contributed by atoms with E-state index in [0.717, 1.165) is 51.4 Å². The Bertz CT molecular complexity index is 378. The number of aliphatic hydroxyl groups is 2. The Balaban J connectivity index is 1.55. The van der Waals surface area contributed by atoms with E-state index in [9.17, 15) is 19.8 Å². The van der Waals surface area contributed by atoms with Gasteiger partial charge in [0, 0.05) is 12.8 Å². The van der Waals surface area contributed by atoms with Gasteiger partial charge in [0.05, 0.1) is 24.3 Å². The number of carbonyl (C=O) groups excluding carboxylic acids is 2. The molecular formula is C18H32N2O4. The van der Waals surface area contributed by atoms with E-state index in [4.69, 9.17) is 0 Å². The molecule has 6 heteroatoms. The van der Waals surface area contributed by atoms with Gasteiger partial charge in [0.15, 0.2) is 0 Å². The molecule has 0 radical (unpaired) electrons. The molecule has 2 fully saturated rings. The lowest BCUT2D eigenvalue weighted by atomic mass is 9.92. The molecular weight excluding hydrogens is 308 g/mol. The molecule has 0 saturated heterocycles. The van der Waals surface area contributed by atoms with Gasteiger partial charge < -0.3 is 20.8 Å². The molecule has 2 saturated carbocycles. The number of rotatable bonds is 7. The van der Waals surface area contributed by atoms with Gasteiger partial charge in [-0.1, -0.05) is 25.7 Å². The quantitative estimate of drug-likeness (QED) is 0.526. The van der Waals surface area contributed by atoms with E-state index in [1.165, 1.54) is 0 Å². The molecule has 0 heterocycles. The van der Waals surface area contributed by atoms with Gasteiger partial charge in [-0.2, -0.15) is 0 Å². The van der Waals surface area contributed by atoms with Crippen molar-refractivity contribution in [3.05, 3.63) is 0 Å². The average molecular weight is 340 g/mol. The zero-order valence-corrected chi connectivity index (χ0v) is 14.5. The molecule has 4 unspecified atom stereocenters. The molecule has 4 N–H and O–H groups in total. The summed E-state index contributed by atoms with van der Waals surface area (Å²) in [6.45, 7) is 0. The van der Waals surface area contributed by atoms with Crippen LogP contribution in [0.15, 0.2) is 0 Å². The lowest BCUT2D eigenvalue weighted by Gasteiger charge is -2.28. The Hall–Kier alpha value is -1.14. The van der Waals surface area contributed by atoms with E-state index in [1.54, 1.807) is 0 Å². The number of aliphatic hydroxyl groups excluding tert-OH is 2. The van der Waals surface area contributed by atoms with E-state index in [1.807, 2.05) is 0 Å². The zero-order valence-electron chi connectivity index (χ0n) is 14.5. The van der Waals surface area contributed by atoms with Crippen LogP contribution in [0.5, 0.6) is 0 Å². The Morgan fingerprint density at radius 1 is 0.708 bits per heavy atom. The van der Waals surface area contributed by atoms with Crippen LogP contribution in [0.3, 0.4) is 0 Å². The number of unbranched alkanes of at least 4 members (excludes halogenated alkanes) is 1. The third-order valence-corrected chi connectivity index (χ3v) is 5.21. The summed E-state index contributed by atoms with van der Waals surface area (Å²) in [5.74, 6) is -0.0758. The smallest absolute Gasteiger partial charge is 0.220 e. The highest BCUT2D eigenvalue weighted by Gasteiger charge is 2.25. The lowest BCUT2D eigenvalue weighted by molar-refractivity contribution is -0.124. The van der Waals surface area contributed by atoms with Gasteiger partial charge in [-0.15, -0.1) is 0 Å². The molecule has 2 aliphatic rings. The molecule has 0 spiro atoms. The minimum absolute atomic E-state index is 0.0379. The minimum Gasteiger partial charge on any atom is -0.391 e. The summed E-state index contributed by atoms with van der Waals surface area (Å²) in [6.07, 6.45) is 8.64.